The van der Waals surface area contributed by atoms with Gasteiger partial charge in [-0.25, -0.2) is 17.2 Å². The summed E-state index contributed by atoms with van der Waals surface area (Å²) in [6.07, 6.45) is -2.97. The lowest BCUT2D eigenvalue weighted by Crippen LogP contribution is -2.38. The molecule has 37 heavy (non-hydrogen) atoms. The lowest BCUT2D eigenvalue weighted by Gasteiger charge is -2.29. The van der Waals surface area contributed by atoms with E-state index in [9.17, 15) is 35.2 Å². The molecule has 11 heteroatoms. The van der Waals surface area contributed by atoms with Crippen LogP contribution >= 0.6 is 0 Å². The van der Waals surface area contributed by atoms with Gasteiger partial charge in [-0.3, -0.25) is 9.52 Å². The van der Waals surface area contributed by atoms with Gasteiger partial charge in [0, 0.05) is 16.9 Å². The zero-order valence-electron chi connectivity index (χ0n) is 21.5. The standard InChI is InChI=1S/C26H31F5N2O3S/c1-7-15-10-16(8-9-21(15)33-37(6,35)36)14(2)32-23(34)18-13-25(18,5)17-11-19(27)22(20(28)12-17)24(3,4)26(29,30)31/h8-12,14,18,33H,7,13H2,1-6H3,(H,32,34)/t14-,18?,25?/m1/s1. The van der Waals surface area contributed by atoms with Crippen molar-refractivity contribution in [2.75, 3.05) is 11.0 Å². The molecule has 1 aliphatic rings. The third kappa shape index (κ3) is 5.76. The maximum absolute atomic E-state index is 14.8. The Morgan fingerprint density at radius 3 is 2.19 bits per heavy atom. The summed E-state index contributed by atoms with van der Waals surface area (Å²) in [6.45, 7) is 6.70. The highest BCUT2D eigenvalue weighted by molar-refractivity contribution is 7.92. The van der Waals surface area contributed by atoms with Crippen LogP contribution in [-0.2, 0) is 32.1 Å². The second kappa shape index (κ2) is 9.56. The van der Waals surface area contributed by atoms with E-state index in [-0.39, 0.29) is 17.9 Å². The fourth-order valence-corrected chi connectivity index (χ4v) is 5.18. The molecule has 1 aliphatic carbocycles. The van der Waals surface area contributed by atoms with Crippen LogP contribution in [-0.4, -0.2) is 26.8 Å². The van der Waals surface area contributed by atoms with Crippen LogP contribution in [0.1, 0.15) is 69.3 Å². The number of hydrogen-bond donors (Lipinski definition) is 2. The number of anilines is 1. The van der Waals surface area contributed by atoms with Gasteiger partial charge in [0.15, 0.2) is 0 Å². The highest BCUT2D eigenvalue weighted by atomic mass is 32.2. The van der Waals surface area contributed by atoms with Crippen molar-refractivity contribution in [3.8, 4) is 0 Å². The molecule has 1 amide bonds. The molecule has 0 heterocycles. The number of aryl methyl sites for hydroxylation is 1. The van der Waals surface area contributed by atoms with E-state index in [1.54, 1.807) is 32.0 Å². The Bertz CT molecular complexity index is 1300. The Morgan fingerprint density at radius 2 is 1.70 bits per heavy atom. The van der Waals surface area contributed by atoms with Gasteiger partial charge in [-0.1, -0.05) is 26.0 Å². The van der Waals surface area contributed by atoms with Gasteiger partial charge >= 0.3 is 6.18 Å². The van der Waals surface area contributed by atoms with Crippen molar-refractivity contribution in [2.45, 2.75) is 70.5 Å². The molecule has 0 aromatic heterocycles. The van der Waals surface area contributed by atoms with Crippen molar-refractivity contribution in [2.24, 2.45) is 5.92 Å². The number of carbonyl (C=O) groups is 1. The monoisotopic (exact) mass is 546 g/mol. The smallest absolute Gasteiger partial charge is 0.349 e. The number of rotatable bonds is 8. The summed E-state index contributed by atoms with van der Waals surface area (Å²) < 4.78 is 95.3. The molecule has 3 atom stereocenters. The number of amides is 1. The Balaban J connectivity index is 1.78. The molecule has 0 saturated heterocycles. The molecule has 3 rings (SSSR count). The topological polar surface area (TPSA) is 75.3 Å². The largest absolute Gasteiger partial charge is 0.398 e. The van der Waals surface area contributed by atoms with E-state index in [0.29, 0.717) is 12.1 Å². The zero-order valence-corrected chi connectivity index (χ0v) is 22.3. The predicted octanol–water partition coefficient (Wildman–Crippen LogP) is 5.89. The Kier molecular flexibility index (Phi) is 7.46. The molecule has 2 aromatic rings. The van der Waals surface area contributed by atoms with E-state index in [1.165, 1.54) is 0 Å². The molecular weight excluding hydrogens is 515 g/mol. The van der Waals surface area contributed by atoms with Crippen LogP contribution in [0, 0.1) is 17.6 Å². The molecule has 1 saturated carbocycles. The van der Waals surface area contributed by atoms with Crippen molar-refractivity contribution >= 4 is 21.6 Å². The predicted molar refractivity (Wildman–Crippen MR) is 132 cm³/mol. The lowest BCUT2D eigenvalue weighted by molar-refractivity contribution is -0.181. The van der Waals surface area contributed by atoms with E-state index in [0.717, 1.165) is 43.4 Å². The molecule has 1 fully saturated rings. The number of carbonyl (C=O) groups excluding carboxylic acids is 1. The van der Waals surface area contributed by atoms with Crippen molar-refractivity contribution in [1.29, 1.82) is 0 Å². The highest BCUT2D eigenvalue weighted by Gasteiger charge is 2.57. The quantitative estimate of drug-likeness (QED) is 0.406. The molecule has 0 bridgehead atoms. The van der Waals surface area contributed by atoms with Crippen LogP contribution in [0.25, 0.3) is 0 Å². The number of benzene rings is 2. The van der Waals surface area contributed by atoms with Gasteiger partial charge in [-0.15, -0.1) is 0 Å². The van der Waals surface area contributed by atoms with E-state index in [2.05, 4.69) is 10.0 Å². The van der Waals surface area contributed by atoms with E-state index in [1.807, 2.05) is 6.92 Å². The fourth-order valence-electron chi connectivity index (χ4n) is 4.58. The van der Waals surface area contributed by atoms with Crippen molar-refractivity contribution in [3.05, 3.63) is 64.2 Å². The first-order chi connectivity index (χ1) is 16.8. The lowest BCUT2D eigenvalue weighted by atomic mass is 9.81. The SMILES string of the molecule is CCc1cc([C@@H](C)NC(=O)C2CC2(C)c2cc(F)c(C(C)(C)C(F)(F)F)c(F)c2)ccc1NS(C)(=O)=O. The summed E-state index contributed by atoms with van der Waals surface area (Å²) in [6, 6.07) is 6.44. The maximum atomic E-state index is 14.8. The van der Waals surface area contributed by atoms with Crippen molar-refractivity contribution in [3.63, 3.8) is 0 Å². The van der Waals surface area contributed by atoms with Gasteiger partial charge in [-0.05, 0) is 68.5 Å². The molecule has 0 spiro atoms. The Morgan fingerprint density at radius 1 is 1.14 bits per heavy atom. The molecule has 2 aromatic carbocycles. The van der Waals surface area contributed by atoms with E-state index < -0.39 is 56.2 Å². The van der Waals surface area contributed by atoms with E-state index >= 15 is 0 Å². The van der Waals surface area contributed by atoms with Crippen molar-refractivity contribution in [1.82, 2.24) is 5.32 Å². The molecule has 204 valence electrons. The average molecular weight is 547 g/mol. The van der Waals surface area contributed by atoms with Crippen LogP contribution < -0.4 is 10.0 Å². The molecule has 2 N–H and O–H groups in total. The molecule has 0 aliphatic heterocycles. The van der Waals surface area contributed by atoms with Gasteiger partial charge in [-0.2, -0.15) is 13.2 Å². The summed E-state index contributed by atoms with van der Waals surface area (Å²) in [5.41, 5.74) is -2.65. The second-order valence-corrected chi connectivity index (χ2v) is 12.2. The highest BCUT2D eigenvalue weighted by Crippen LogP contribution is 2.55. The first-order valence-corrected chi connectivity index (χ1v) is 13.7. The van der Waals surface area contributed by atoms with Crippen LogP contribution in [0.4, 0.5) is 27.6 Å². The first kappa shape index (κ1) is 28.9. The number of nitrogens with one attached hydrogen (secondary N) is 2. The summed E-state index contributed by atoms with van der Waals surface area (Å²) in [5, 5.41) is 2.87. The minimum atomic E-state index is -4.85. The average Bonchev–Trinajstić information content (AvgIpc) is 3.44. The van der Waals surface area contributed by atoms with Crippen LogP contribution in [0.2, 0.25) is 0 Å². The first-order valence-electron chi connectivity index (χ1n) is 11.8. The molecular formula is C26H31F5N2O3S. The van der Waals surface area contributed by atoms with Gasteiger partial charge in [0.05, 0.1) is 23.4 Å². The summed E-state index contributed by atoms with van der Waals surface area (Å²) in [7, 11) is -3.46. The minimum absolute atomic E-state index is 0.126. The third-order valence-electron chi connectivity index (χ3n) is 7.25. The molecule has 0 radical (unpaired) electrons. The number of hydrogen-bond acceptors (Lipinski definition) is 3. The third-order valence-corrected chi connectivity index (χ3v) is 7.84. The Labute approximate surface area is 213 Å². The zero-order chi connectivity index (χ0) is 28.1. The maximum Gasteiger partial charge on any atom is 0.398 e. The summed E-state index contributed by atoms with van der Waals surface area (Å²) in [4.78, 5) is 13.0. The normalized spacial score (nSPS) is 20.9. The van der Waals surface area contributed by atoms with Gasteiger partial charge < -0.3 is 5.32 Å². The van der Waals surface area contributed by atoms with Gasteiger partial charge in [0.1, 0.15) is 11.6 Å². The number of halogens is 5. The fraction of sp³-hybridized carbons (Fsp3) is 0.500. The van der Waals surface area contributed by atoms with Crippen LogP contribution in [0.3, 0.4) is 0 Å². The van der Waals surface area contributed by atoms with Gasteiger partial charge in [0.2, 0.25) is 15.9 Å². The number of alkyl halides is 3. The summed E-state index contributed by atoms with van der Waals surface area (Å²) >= 11 is 0. The van der Waals surface area contributed by atoms with Crippen LogP contribution in [0.5, 0.6) is 0 Å². The number of sulfonamides is 1. The Hall–Kier alpha value is -2.69. The van der Waals surface area contributed by atoms with Crippen LogP contribution in [0.15, 0.2) is 30.3 Å². The van der Waals surface area contributed by atoms with E-state index in [4.69, 9.17) is 0 Å². The summed E-state index contributed by atoms with van der Waals surface area (Å²) in [5.74, 6) is -3.57. The minimum Gasteiger partial charge on any atom is -0.349 e. The molecule has 2 unspecified atom stereocenters. The molecule has 5 nitrogen and oxygen atoms in total. The van der Waals surface area contributed by atoms with Gasteiger partial charge in [0.25, 0.3) is 0 Å². The second-order valence-electron chi connectivity index (χ2n) is 10.5. The van der Waals surface area contributed by atoms with Crippen molar-refractivity contribution < 1.29 is 35.2 Å².